The second kappa shape index (κ2) is 6.41. The Bertz CT molecular complexity index is 437. The minimum Gasteiger partial charge on any atom is -0.333 e. The molecule has 1 saturated heterocycles. The number of hydrogen-bond acceptors (Lipinski definition) is 2. The SMILES string of the molecule is Cc1c(Cl)cccc1C(=O)N1CCNCC1C.Cl. The first-order valence-electron chi connectivity index (χ1n) is 5.88. The molecule has 1 aromatic rings. The first-order chi connectivity index (χ1) is 8.11. The van der Waals surface area contributed by atoms with Crippen LogP contribution in [0.15, 0.2) is 18.2 Å². The molecule has 1 aliphatic heterocycles. The Morgan fingerprint density at radius 3 is 2.89 bits per heavy atom. The summed E-state index contributed by atoms with van der Waals surface area (Å²) in [5, 5.41) is 3.93. The monoisotopic (exact) mass is 288 g/mol. The number of amides is 1. The van der Waals surface area contributed by atoms with E-state index < -0.39 is 0 Å². The molecule has 0 saturated carbocycles. The molecular weight excluding hydrogens is 271 g/mol. The minimum absolute atomic E-state index is 0. The summed E-state index contributed by atoms with van der Waals surface area (Å²) in [6.07, 6.45) is 0. The molecule has 1 aliphatic rings. The molecule has 18 heavy (non-hydrogen) atoms. The van der Waals surface area contributed by atoms with Gasteiger partial charge in [-0.05, 0) is 31.5 Å². The highest BCUT2D eigenvalue weighted by atomic mass is 35.5. The van der Waals surface area contributed by atoms with Crippen molar-refractivity contribution in [1.29, 1.82) is 0 Å². The predicted molar refractivity (Wildman–Crippen MR) is 76.8 cm³/mol. The lowest BCUT2D eigenvalue weighted by Crippen LogP contribution is -2.52. The molecule has 0 bridgehead atoms. The molecule has 0 aromatic heterocycles. The van der Waals surface area contributed by atoms with Gasteiger partial charge in [-0.3, -0.25) is 4.79 Å². The number of carbonyl (C=O) groups is 1. The lowest BCUT2D eigenvalue weighted by atomic mass is 10.1. The van der Waals surface area contributed by atoms with Gasteiger partial charge in [0.15, 0.2) is 0 Å². The van der Waals surface area contributed by atoms with E-state index in [-0.39, 0.29) is 24.4 Å². The van der Waals surface area contributed by atoms with Crippen LogP contribution in [-0.4, -0.2) is 36.5 Å². The zero-order valence-corrected chi connectivity index (χ0v) is 12.1. The van der Waals surface area contributed by atoms with Gasteiger partial charge in [-0.1, -0.05) is 17.7 Å². The van der Waals surface area contributed by atoms with Gasteiger partial charge in [0.1, 0.15) is 0 Å². The van der Waals surface area contributed by atoms with E-state index in [4.69, 9.17) is 11.6 Å². The summed E-state index contributed by atoms with van der Waals surface area (Å²) in [4.78, 5) is 14.3. The van der Waals surface area contributed by atoms with Crippen molar-refractivity contribution in [3.8, 4) is 0 Å². The third-order valence-electron chi connectivity index (χ3n) is 3.26. The molecule has 0 spiro atoms. The number of benzene rings is 1. The zero-order valence-electron chi connectivity index (χ0n) is 10.6. The van der Waals surface area contributed by atoms with E-state index in [2.05, 4.69) is 12.2 Å². The van der Waals surface area contributed by atoms with E-state index in [9.17, 15) is 4.79 Å². The van der Waals surface area contributed by atoms with E-state index in [1.165, 1.54) is 0 Å². The van der Waals surface area contributed by atoms with E-state index in [0.29, 0.717) is 10.6 Å². The third kappa shape index (κ3) is 2.97. The highest BCUT2D eigenvalue weighted by molar-refractivity contribution is 6.31. The van der Waals surface area contributed by atoms with Crippen LogP contribution in [0.25, 0.3) is 0 Å². The molecule has 1 aromatic carbocycles. The Labute approximate surface area is 119 Å². The summed E-state index contributed by atoms with van der Waals surface area (Å²) < 4.78 is 0. The predicted octanol–water partition coefficient (Wildman–Crippen LogP) is 2.50. The van der Waals surface area contributed by atoms with Crippen molar-refractivity contribution in [2.45, 2.75) is 19.9 Å². The standard InChI is InChI=1S/C13H17ClN2O.ClH/c1-9-8-15-6-7-16(9)13(17)11-4-3-5-12(14)10(11)2;/h3-5,9,15H,6-8H2,1-2H3;1H. The Morgan fingerprint density at radius 2 is 2.22 bits per heavy atom. The Hall–Kier alpha value is -0.770. The Balaban J connectivity index is 0.00000162. The van der Waals surface area contributed by atoms with Crippen LogP contribution in [0, 0.1) is 6.92 Å². The van der Waals surface area contributed by atoms with Crippen molar-refractivity contribution >= 4 is 29.9 Å². The topological polar surface area (TPSA) is 32.3 Å². The molecule has 0 radical (unpaired) electrons. The van der Waals surface area contributed by atoms with Crippen molar-refractivity contribution in [3.05, 3.63) is 34.3 Å². The van der Waals surface area contributed by atoms with Crippen molar-refractivity contribution in [3.63, 3.8) is 0 Å². The van der Waals surface area contributed by atoms with Crippen molar-refractivity contribution in [2.75, 3.05) is 19.6 Å². The molecule has 2 rings (SSSR count). The average molecular weight is 289 g/mol. The molecule has 1 N–H and O–H groups in total. The number of piperazine rings is 1. The molecule has 3 nitrogen and oxygen atoms in total. The first-order valence-corrected chi connectivity index (χ1v) is 6.26. The number of nitrogens with zero attached hydrogens (tertiary/aromatic N) is 1. The fourth-order valence-electron chi connectivity index (χ4n) is 2.14. The van der Waals surface area contributed by atoms with Crippen LogP contribution in [0.2, 0.25) is 5.02 Å². The normalized spacial score (nSPS) is 19.3. The summed E-state index contributed by atoms with van der Waals surface area (Å²) in [7, 11) is 0. The maximum absolute atomic E-state index is 12.4. The second-order valence-electron chi connectivity index (χ2n) is 4.46. The van der Waals surface area contributed by atoms with Crippen LogP contribution in [-0.2, 0) is 0 Å². The number of halogens is 2. The van der Waals surface area contributed by atoms with Gasteiger partial charge >= 0.3 is 0 Å². The van der Waals surface area contributed by atoms with Gasteiger partial charge < -0.3 is 10.2 Å². The van der Waals surface area contributed by atoms with Crippen LogP contribution in [0.5, 0.6) is 0 Å². The van der Waals surface area contributed by atoms with Gasteiger partial charge in [0.05, 0.1) is 0 Å². The zero-order chi connectivity index (χ0) is 12.4. The number of nitrogens with one attached hydrogen (secondary N) is 1. The first kappa shape index (κ1) is 15.3. The molecule has 5 heteroatoms. The molecule has 1 amide bonds. The van der Waals surface area contributed by atoms with Gasteiger partial charge in [0.25, 0.3) is 5.91 Å². The fourth-order valence-corrected chi connectivity index (χ4v) is 2.31. The van der Waals surface area contributed by atoms with E-state index >= 15 is 0 Å². The second-order valence-corrected chi connectivity index (χ2v) is 4.87. The van der Waals surface area contributed by atoms with Crippen LogP contribution in [0.3, 0.4) is 0 Å². The van der Waals surface area contributed by atoms with Gasteiger partial charge in [-0.25, -0.2) is 0 Å². The summed E-state index contributed by atoms with van der Waals surface area (Å²) >= 11 is 6.05. The molecule has 1 fully saturated rings. The lowest BCUT2D eigenvalue weighted by Gasteiger charge is -2.34. The molecule has 100 valence electrons. The highest BCUT2D eigenvalue weighted by Gasteiger charge is 2.25. The Morgan fingerprint density at radius 1 is 1.50 bits per heavy atom. The lowest BCUT2D eigenvalue weighted by molar-refractivity contribution is 0.0655. The summed E-state index contributed by atoms with van der Waals surface area (Å²) in [5.41, 5.74) is 1.58. The quantitative estimate of drug-likeness (QED) is 0.861. The van der Waals surface area contributed by atoms with E-state index in [1.807, 2.05) is 30.0 Å². The summed E-state index contributed by atoms with van der Waals surface area (Å²) in [6, 6.07) is 5.72. The largest absolute Gasteiger partial charge is 0.333 e. The molecular formula is C13H18Cl2N2O. The molecule has 1 atom stereocenters. The summed E-state index contributed by atoms with van der Waals surface area (Å²) in [6.45, 7) is 6.42. The van der Waals surface area contributed by atoms with Crippen molar-refractivity contribution in [1.82, 2.24) is 10.2 Å². The van der Waals surface area contributed by atoms with Gasteiger partial charge in [0.2, 0.25) is 0 Å². The van der Waals surface area contributed by atoms with Crippen LogP contribution < -0.4 is 5.32 Å². The third-order valence-corrected chi connectivity index (χ3v) is 3.67. The van der Waals surface area contributed by atoms with Crippen LogP contribution in [0.4, 0.5) is 0 Å². The maximum Gasteiger partial charge on any atom is 0.254 e. The van der Waals surface area contributed by atoms with Crippen LogP contribution >= 0.6 is 24.0 Å². The Kier molecular flexibility index (Phi) is 5.45. The highest BCUT2D eigenvalue weighted by Crippen LogP contribution is 2.21. The van der Waals surface area contributed by atoms with Crippen LogP contribution in [0.1, 0.15) is 22.8 Å². The van der Waals surface area contributed by atoms with Crippen molar-refractivity contribution < 1.29 is 4.79 Å². The number of carbonyl (C=O) groups excluding carboxylic acids is 1. The van der Waals surface area contributed by atoms with Gasteiger partial charge in [-0.2, -0.15) is 0 Å². The van der Waals surface area contributed by atoms with Crippen molar-refractivity contribution in [2.24, 2.45) is 0 Å². The minimum atomic E-state index is 0. The molecule has 0 aliphatic carbocycles. The van der Waals surface area contributed by atoms with Gasteiger partial charge in [0, 0.05) is 36.3 Å². The molecule has 1 heterocycles. The fraction of sp³-hybridized carbons (Fsp3) is 0.462. The molecule has 1 unspecified atom stereocenters. The number of rotatable bonds is 1. The van der Waals surface area contributed by atoms with Gasteiger partial charge in [-0.15, -0.1) is 12.4 Å². The maximum atomic E-state index is 12.4. The van der Waals surface area contributed by atoms with E-state index in [1.54, 1.807) is 0 Å². The van der Waals surface area contributed by atoms with E-state index in [0.717, 1.165) is 25.2 Å². The number of hydrogen-bond donors (Lipinski definition) is 1. The average Bonchev–Trinajstić information content (AvgIpc) is 2.32. The summed E-state index contributed by atoms with van der Waals surface area (Å²) in [5.74, 6) is 0.0824. The smallest absolute Gasteiger partial charge is 0.254 e.